The van der Waals surface area contributed by atoms with Crippen LogP contribution in [0.15, 0.2) is 53.4 Å². The second-order valence-electron chi connectivity index (χ2n) is 7.72. The SMILES string of the molecule is COc1cc(/C(O)=C2\C(=O)C(=O)N(c3cc(C)cc(C)c3)C2c2cccs2)c(OC)cc1Cl. The number of nitrogens with zero attached hydrogens (tertiary/aromatic N) is 1. The molecular weight excluding hydrogens is 462 g/mol. The Hall–Kier alpha value is -3.29. The zero-order valence-electron chi connectivity index (χ0n) is 18.5. The Labute approximate surface area is 200 Å². The van der Waals surface area contributed by atoms with Gasteiger partial charge >= 0.3 is 0 Å². The molecule has 33 heavy (non-hydrogen) atoms. The molecule has 0 spiro atoms. The van der Waals surface area contributed by atoms with Crippen LogP contribution in [0, 0.1) is 13.8 Å². The van der Waals surface area contributed by atoms with Crippen molar-refractivity contribution < 1.29 is 24.2 Å². The summed E-state index contributed by atoms with van der Waals surface area (Å²) >= 11 is 7.61. The van der Waals surface area contributed by atoms with Crippen LogP contribution in [0.5, 0.6) is 11.5 Å². The summed E-state index contributed by atoms with van der Waals surface area (Å²) in [5.74, 6) is -1.29. The van der Waals surface area contributed by atoms with Gasteiger partial charge in [-0.1, -0.05) is 23.7 Å². The Balaban J connectivity index is 1.99. The maximum atomic E-state index is 13.3. The van der Waals surface area contributed by atoms with Crippen molar-refractivity contribution in [1.82, 2.24) is 0 Å². The molecule has 1 fully saturated rings. The third kappa shape index (κ3) is 3.98. The third-order valence-electron chi connectivity index (χ3n) is 5.47. The molecule has 3 aromatic rings. The molecule has 1 unspecified atom stereocenters. The second kappa shape index (κ2) is 8.92. The number of aryl methyl sites for hydroxylation is 2. The highest BCUT2D eigenvalue weighted by Gasteiger charge is 2.47. The van der Waals surface area contributed by atoms with Gasteiger partial charge in [0.2, 0.25) is 0 Å². The van der Waals surface area contributed by atoms with Gasteiger partial charge in [0.25, 0.3) is 11.7 Å². The molecule has 1 amide bonds. The average Bonchev–Trinajstić information content (AvgIpc) is 3.39. The van der Waals surface area contributed by atoms with Crippen LogP contribution in [0.25, 0.3) is 5.76 Å². The van der Waals surface area contributed by atoms with Gasteiger partial charge in [-0.2, -0.15) is 0 Å². The van der Waals surface area contributed by atoms with Gasteiger partial charge in [-0.05, 0) is 54.6 Å². The number of anilines is 1. The minimum atomic E-state index is -0.794. The number of hydrogen-bond donors (Lipinski definition) is 1. The van der Waals surface area contributed by atoms with Crippen molar-refractivity contribution in [3.05, 3.63) is 80.0 Å². The minimum absolute atomic E-state index is 0.0238. The molecular formula is C25H22ClNO5S. The number of rotatable bonds is 5. The first kappa shape index (κ1) is 22.9. The minimum Gasteiger partial charge on any atom is -0.507 e. The van der Waals surface area contributed by atoms with E-state index in [1.165, 1.54) is 42.6 Å². The van der Waals surface area contributed by atoms with Crippen molar-refractivity contribution in [3.63, 3.8) is 0 Å². The van der Waals surface area contributed by atoms with Crippen LogP contribution in [0.3, 0.4) is 0 Å². The number of carbonyl (C=O) groups excluding carboxylic acids is 2. The van der Waals surface area contributed by atoms with Gasteiger partial charge < -0.3 is 14.6 Å². The van der Waals surface area contributed by atoms with Gasteiger partial charge in [0.05, 0.1) is 30.4 Å². The summed E-state index contributed by atoms with van der Waals surface area (Å²) in [4.78, 5) is 28.8. The molecule has 0 bridgehead atoms. The fourth-order valence-corrected chi connectivity index (χ4v) is 5.15. The highest BCUT2D eigenvalue weighted by Crippen LogP contribution is 2.46. The van der Waals surface area contributed by atoms with E-state index < -0.39 is 17.7 Å². The van der Waals surface area contributed by atoms with E-state index in [4.69, 9.17) is 21.1 Å². The van der Waals surface area contributed by atoms with Crippen molar-refractivity contribution in [2.45, 2.75) is 19.9 Å². The number of Topliss-reactive ketones (excluding diaryl/α,β-unsaturated/α-hetero) is 1. The van der Waals surface area contributed by atoms with E-state index in [1.807, 2.05) is 49.6 Å². The lowest BCUT2D eigenvalue weighted by Crippen LogP contribution is -2.29. The number of benzene rings is 2. The van der Waals surface area contributed by atoms with Crippen LogP contribution in [0.1, 0.15) is 27.6 Å². The Bertz CT molecular complexity index is 1260. The first-order valence-electron chi connectivity index (χ1n) is 10.1. The Morgan fingerprint density at radius 3 is 2.27 bits per heavy atom. The number of aliphatic hydroxyl groups excluding tert-OH is 1. The smallest absolute Gasteiger partial charge is 0.300 e. The number of halogens is 1. The molecule has 1 aromatic heterocycles. The molecule has 2 heterocycles. The van der Waals surface area contributed by atoms with Crippen molar-refractivity contribution >= 4 is 46.1 Å². The number of hydrogen-bond acceptors (Lipinski definition) is 6. The van der Waals surface area contributed by atoms with Crippen molar-refractivity contribution in [1.29, 1.82) is 0 Å². The van der Waals surface area contributed by atoms with Crippen LogP contribution in [-0.2, 0) is 9.59 Å². The highest BCUT2D eigenvalue weighted by molar-refractivity contribution is 7.10. The lowest BCUT2D eigenvalue weighted by atomic mass is 9.98. The summed E-state index contributed by atoms with van der Waals surface area (Å²) in [5.41, 5.74) is 2.69. The number of ketones is 1. The summed E-state index contributed by atoms with van der Waals surface area (Å²) in [5, 5.41) is 13.5. The van der Waals surface area contributed by atoms with Gasteiger partial charge in [-0.15, -0.1) is 11.3 Å². The second-order valence-corrected chi connectivity index (χ2v) is 9.10. The first-order chi connectivity index (χ1) is 15.8. The van der Waals surface area contributed by atoms with Crippen molar-refractivity contribution in [2.75, 3.05) is 19.1 Å². The largest absolute Gasteiger partial charge is 0.507 e. The number of amides is 1. The van der Waals surface area contributed by atoms with Crippen LogP contribution < -0.4 is 14.4 Å². The summed E-state index contributed by atoms with van der Waals surface area (Å²) in [6, 6.07) is 11.6. The van der Waals surface area contributed by atoms with Crippen LogP contribution >= 0.6 is 22.9 Å². The molecule has 1 atom stereocenters. The van der Waals surface area contributed by atoms with E-state index in [2.05, 4.69) is 0 Å². The number of carbonyl (C=O) groups is 2. The number of thiophene rings is 1. The Kier molecular flexibility index (Phi) is 6.19. The molecule has 8 heteroatoms. The summed E-state index contributed by atoms with van der Waals surface area (Å²) in [6.07, 6.45) is 0. The normalized spacial score (nSPS) is 17.5. The number of methoxy groups -OCH3 is 2. The lowest BCUT2D eigenvalue weighted by molar-refractivity contribution is -0.132. The van der Waals surface area contributed by atoms with Crippen molar-refractivity contribution in [3.8, 4) is 11.5 Å². The molecule has 1 aliphatic heterocycles. The molecule has 0 saturated carbocycles. The lowest BCUT2D eigenvalue weighted by Gasteiger charge is -2.25. The van der Waals surface area contributed by atoms with E-state index in [-0.39, 0.29) is 27.7 Å². The maximum Gasteiger partial charge on any atom is 0.300 e. The molecule has 2 aromatic carbocycles. The van der Waals surface area contributed by atoms with Crippen LogP contribution in [0.2, 0.25) is 5.02 Å². The van der Waals surface area contributed by atoms with Crippen LogP contribution in [0.4, 0.5) is 5.69 Å². The standard InChI is InChI=1S/C25H22ClNO5S/c1-13-8-14(2)10-15(9-13)27-22(20-6-5-7-33-20)21(24(29)25(27)30)23(28)16-11-19(32-4)17(26)12-18(16)31-3/h5-12,22,28H,1-4H3/b23-21+. The van der Waals surface area contributed by atoms with Gasteiger partial charge in [0, 0.05) is 16.6 Å². The van der Waals surface area contributed by atoms with E-state index in [0.29, 0.717) is 11.4 Å². The van der Waals surface area contributed by atoms with E-state index in [1.54, 1.807) is 0 Å². The van der Waals surface area contributed by atoms with Gasteiger partial charge in [0.1, 0.15) is 23.3 Å². The quantitative estimate of drug-likeness (QED) is 0.288. The molecule has 0 radical (unpaired) electrons. The Morgan fingerprint density at radius 1 is 1.03 bits per heavy atom. The first-order valence-corrected chi connectivity index (χ1v) is 11.4. The fraction of sp³-hybridized carbons (Fsp3) is 0.200. The van der Waals surface area contributed by atoms with Gasteiger partial charge in [0.15, 0.2) is 0 Å². The molecule has 4 rings (SSSR count). The van der Waals surface area contributed by atoms with Gasteiger partial charge in [-0.25, -0.2) is 0 Å². The third-order valence-corrected chi connectivity index (χ3v) is 6.69. The molecule has 170 valence electrons. The van der Waals surface area contributed by atoms with E-state index in [9.17, 15) is 14.7 Å². The van der Waals surface area contributed by atoms with Gasteiger partial charge in [-0.3, -0.25) is 14.5 Å². The number of aliphatic hydroxyl groups is 1. The van der Waals surface area contributed by atoms with Crippen LogP contribution in [-0.4, -0.2) is 31.0 Å². The summed E-state index contributed by atoms with van der Waals surface area (Å²) < 4.78 is 10.7. The summed E-state index contributed by atoms with van der Waals surface area (Å²) in [6.45, 7) is 3.86. The highest BCUT2D eigenvalue weighted by atomic mass is 35.5. The predicted octanol–water partition coefficient (Wildman–Crippen LogP) is 5.66. The van der Waals surface area contributed by atoms with E-state index >= 15 is 0 Å². The van der Waals surface area contributed by atoms with Crippen molar-refractivity contribution in [2.24, 2.45) is 0 Å². The summed E-state index contributed by atoms with van der Waals surface area (Å²) in [7, 11) is 2.88. The number of ether oxygens (including phenoxy) is 2. The molecule has 6 nitrogen and oxygen atoms in total. The molecule has 0 aliphatic carbocycles. The fourth-order valence-electron chi connectivity index (χ4n) is 4.10. The molecule has 1 saturated heterocycles. The maximum absolute atomic E-state index is 13.3. The van der Waals surface area contributed by atoms with E-state index in [0.717, 1.165) is 16.0 Å². The average molecular weight is 484 g/mol. The molecule has 1 aliphatic rings. The Morgan fingerprint density at radius 2 is 1.70 bits per heavy atom. The topological polar surface area (TPSA) is 76.1 Å². The monoisotopic (exact) mass is 483 g/mol. The predicted molar refractivity (Wildman–Crippen MR) is 130 cm³/mol. The zero-order chi connectivity index (χ0) is 23.9. The molecule has 1 N–H and O–H groups in total. The zero-order valence-corrected chi connectivity index (χ0v) is 20.1.